The van der Waals surface area contributed by atoms with Crippen molar-refractivity contribution in [1.82, 2.24) is 0 Å². The second kappa shape index (κ2) is 45.8. The zero-order valence-electron chi connectivity index (χ0n) is 44.5. The van der Waals surface area contributed by atoms with Gasteiger partial charge in [-0.05, 0) is 189 Å². The predicted octanol–water partition coefficient (Wildman–Crippen LogP) is 15.3. The number of non-ortho nitro benzene ring substituents is 2. The summed E-state index contributed by atoms with van der Waals surface area (Å²) >= 11 is 4.64. The highest BCUT2D eigenvalue weighted by Gasteiger charge is 2.31. The molecule has 16 nitrogen and oxygen atoms in total. The van der Waals surface area contributed by atoms with Crippen LogP contribution in [0.1, 0.15) is 132 Å². The van der Waals surface area contributed by atoms with Gasteiger partial charge in [0.15, 0.2) is 0 Å². The summed E-state index contributed by atoms with van der Waals surface area (Å²) in [7, 11) is 1.63. The summed E-state index contributed by atoms with van der Waals surface area (Å²) in [4.78, 5) is 41.5. The van der Waals surface area contributed by atoms with E-state index in [9.17, 15) is 29.8 Å². The van der Waals surface area contributed by atoms with E-state index in [1.807, 2.05) is 129 Å². The molecular weight excluding hydrogens is 1020 g/mol. The van der Waals surface area contributed by atoms with E-state index >= 15 is 0 Å². The minimum atomic E-state index is -0.382. The molecule has 8 N–H and O–H groups in total. The van der Waals surface area contributed by atoms with E-state index in [-0.39, 0.29) is 96.8 Å². The third kappa shape index (κ3) is 34.3. The van der Waals surface area contributed by atoms with Crippen LogP contribution in [0, 0.1) is 82.5 Å². The monoisotopic (exact) mass is 1120 g/mol. The second-order valence-electron chi connectivity index (χ2n) is 16.4. The fraction of sp³-hybridized carbons (Fsp3) is 0.387. The summed E-state index contributed by atoms with van der Waals surface area (Å²) in [6.45, 7) is 24.1. The number of nitrogens with one attached hydrogen (secondary N) is 1. The lowest BCUT2D eigenvalue weighted by Gasteiger charge is -2.08. The molecule has 6 aromatic carbocycles. The van der Waals surface area contributed by atoms with Gasteiger partial charge in [0.25, 0.3) is 11.4 Å². The molecule has 1 fully saturated rings. The number of aliphatic hydroxyl groups excluding tert-OH is 3. The van der Waals surface area contributed by atoms with Crippen LogP contribution in [-0.4, -0.2) is 56.7 Å². The fourth-order valence-corrected chi connectivity index (χ4v) is 5.74. The molecule has 0 atom stereocenters. The van der Waals surface area contributed by atoms with E-state index in [2.05, 4.69) is 30.8 Å². The normalized spacial score (nSPS) is 9.53. The number of halogens is 1. The van der Waals surface area contributed by atoms with Crippen LogP contribution in [-0.2, 0) is 34.1 Å². The van der Waals surface area contributed by atoms with Crippen molar-refractivity contribution in [3.8, 4) is 0 Å². The maximum absolute atomic E-state index is 10.8. The van der Waals surface area contributed by atoms with Crippen molar-refractivity contribution in [3.63, 3.8) is 0 Å². The molecule has 1 aliphatic heterocycles. The van der Waals surface area contributed by atoms with Crippen molar-refractivity contribution in [3.05, 3.63) is 196 Å². The topological polar surface area (TPSA) is 257 Å². The number of aliphatic hydroxyl groups is 3. The summed E-state index contributed by atoms with van der Waals surface area (Å²) in [5, 5.41) is 50.0. The summed E-state index contributed by atoms with van der Waals surface area (Å²) in [6.07, 6.45) is 0. The molecule has 7 rings (SSSR count). The maximum atomic E-state index is 10.8. The van der Waals surface area contributed by atoms with E-state index in [4.69, 9.17) is 31.5 Å². The number of nitro benzene ring substituents is 2. The number of hydrogen-bond acceptors (Lipinski definition) is 13. The van der Waals surface area contributed by atoms with Gasteiger partial charge in [0.05, 0.1) is 29.7 Å². The number of hydrogen-bond donors (Lipinski definition) is 6. The molecule has 6 aromatic rings. The molecule has 17 heteroatoms. The van der Waals surface area contributed by atoms with E-state index in [0.717, 1.165) is 72.7 Å². The van der Waals surface area contributed by atoms with Gasteiger partial charge in [-0.3, -0.25) is 29.8 Å². The Hall–Kier alpha value is -7.21. The molecular formula is C62H99ClN6O10. The largest absolute Gasteiger partial charge is 0.399 e. The average Bonchev–Trinajstić information content (AvgIpc) is 4.10. The summed E-state index contributed by atoms with van der Waals surface area (Å²) in [5.74, 6) is 0.146. The molecule has 0 aromatic heterocycles. The van der Waals surface area contributed by atoms with Gasteiger partial charge in [0.1, 0.15) is 13.3 Å². The number of benzene rings is 6. The van der Waals surface area contributed by atoms with Gasteiger partial charge in [0, 0.05) is 61.0 Å². The number of amides is 1. The third-order valence-corrected chi connectivity index (χ3v) is 10.7. The Morgan fingerprint density at radius 3 is 1.19 bits per heavy atom. The van der Waals surface area contributed by atoms with Crippen LogP contribution < -0.4 is 21.7 Å². The van der Waals surface area contributed by atoms with Crippen molar-refractivity contribution in [2.75, 3.05) is 42.1 Å². The zero-order chi connectivity index (χ0) is 56.0. The minimum Gasteiger partial charge on any atom is -0.399 e. The highest BCUT2D eigenvalue weighted by Crippen LogP contribution is 2.25. The van der Waals surface area contributed by atoms with E-state index in [1.54, 1.807) is 42.3 Å². The minimum absolute atomic E-state index is 0. The standard InChI is InChI=1S/C10H11NO2.C10H15NO2.2C8H9NO2.C8H11NO.C8H11N.C2H3ClO.C2H6.6CH4/c1-7-2-3-9(4-8(7)6-12)11-5-10(11)13;1-8-3-4-10(11-7-13-2)5-9(8)6-12;2*1-6-3-4-8(9(10)11)5-7(6)2;1-6-2-3-8(9)4-7(6)5-10;1-6-3-4-8(9)5-7(6)2;1-2(3)4;1-2;;;;;;/h2-4,12H,5-6H2,1H3;3-5,11-12H,6-7H2,1-2H3;2*3-5H,1-2H3;2-4,10H,5,9H2,1H3;3-5H,9H2,1-2H3;1H3;1-2H3;6*1H4. The van der Waals surface area contributed by atoms with Gasteiger partial charge in [-0.2, -0.15) is 0 Å². The Labute approximate surface area is 480 Å². The fourth-order valence-electron chi connectivity index (χ4n) is 5.74. The van der Waals surface area contributed by atoms with Crippen molar-refractivity contribution >= 4 is 56.9 Å². The Morgan fingerprint density at radius 1 is 0.557 bits per heavy atom. The number of ether oxygens (including phenoxy) is 1. The van der Waals surface area contributed by atoms with Gasteiger partial charge in [-0.25, -0.2) is 0 Å². The van der Waals surface area contributed by atoms with Crippen LogP contribution in [0.4, 0.5) is 34.1 Å². The quantitative estimate of drug-likeness (QED) is 0.0197. The molecule has 0 unspecified atom stereocenters. The van der Waals surface area contributed by atoms with E-state index in [0.29, 0.717) is 19.0 Å². The number of aryl methyl sites for hydroxylation is 9. The Balaban J connectivity index is -0.000000153. The predicted molar refractivity (Wildman–Crippen MR) is 337 cm³/mol. The van der Waals surface area contributed by atoms with Gasteiger partial charge in [-0.1, -0.05) is 94.8 Å². The van der Waals surface area contributed by atoms with Crippen LogP contribution in [0.5, 0.6) is 0 Å². The van der Waals surface area contributed by atoms with Crippen LogP contribution in [0.15, 0.2) is 109 Å². The summed E-state index contributed by atoms with van der Waals surface area (Å²) < 4.78 is 4.88. The summed E-state index contributed by atoms with van der Waals surface area (Å²) in [6, 6.07) is 32.7. The molecule has 0 aliphatic carbocycles. The van der Waals surface area contributed by atoms with Crippen molar-refractivity contribution in [1.29, 1.82) is 0 Å². The Morgan fingerprint density at radius 2 is 0.873 bits per heavy atom. The lowest BCUT2D eigenvalue weighted by atomic mass is 10.1. The summed E-state index contributed by atoms with van der Waals surface area (Å²) in [5.41, 5.74) is 27.3. The lowest BCUT2D eigenvalue weighted by molar-refractivity contribution is -0.385. The number of carbonyl (C=O) groups excluding carboxylic acids is 2. The van der Waals surface area contributed by atoms with Crippen molar-refractivity contribution in [2.45, 2.75) is 147 Å². The van der Waals surface area contributed by atoms with Crippen LogP contribution >= 0.6 is 11.6 Å². The Bertz CT molecular complexity index is 2630. The van der Waals surface area contributed by atoms with Gasteiger partial charge < -0.3 is 41.7 Å². The molecule has 1 aliphatic rings. The number of nitrogens with two attached hydrogens (primary N) is 2. The molecule has 0 radical (unpaired) electrons. The highest BCUT2D eigenvalue weighted by atomic mass is 35.5. The number of nitrogen functional groups attached to an aromatic ring is 2. The number of anilines is 4. The molecule has 1 heterocycles. The van der Waals surface area contributed by atoms with Gasteiger partial charge in [0.2, 0.25) is 11.1 Å². The smallest absolute Gasteiger partial charge is 0.269 e. The van der Waals surface area contributed by atoms with E-state index < -0.39 is 0 Å². The number of carbonyl (C=O) groups is 2. The van der Waals surface area contributed by atoms with Crippen molar-refractivity contribution < 1.29 is 39.5 Å². The first-order valence-electron chi connectivity index (χ1n) is 23.2. The van der Waals surface area contributed by atoms with Crippen LogP contribution in [0.25, 0.3) is 0 Å². The second-order valence-corrected chi connectivity index (χ2v) is 16.9. The molecule has 0 saturated carbocycles. The first kappa shape index (κ1) is 85.7. The lowest BCUT2D eigenvalue weighted by Crippen LogP contribution is -2.03. The maximum Gasteiger partial charge on any atom is 0.269 e. The van der Waals surface area contributed by atoms with Crippen molar-refractivity contribution in [2.24, 2.45) is 0 Å². The molecule has 1 amide bonds. The molecule has 0 spiro atoms. The highest BCUT2D eigenvalue weighted by molar-refractivity contribution is 6.62. The first-order chi connectivity index (χ1) is 34.4. The van der Waals surface area contributed by atoms with Crippen LogP contribution in [0.2, 0.25) is 0 Å². The van der Waals surface area contributed by atoms with E-state index in [1.165, 1.54) is 30.2 Å². The SMILES string of the molecule is C.C.C.C.C.C.CC.CC(=O)Cl.COCNc1ccc(C)c(CO)c1.Cc1ccc(N)cc1C.Cc1ccc(N)cc1CO.Cc1ccc(N2CC2=O)cc1CO.Cc1ccc([N+](=O)[O-])cc1C.Cc1ccc([N+](=O)[O-])cc1C. The van der Waals surface area contributed by atoms with Crippen LogP contribution in [0.3, 0.4) is 0 Å². The molecule has 444 valence electrons. The van der Waals surface area contributed by atoms with Gasteiger partial charge in [-0.15, -0.1) is 0 Å². The molecule has 1 saturated heterocycles. The third-order valence-electron chi connectivity index (χ3n) is 10.7. The number of methoxy groups -OCH3 is 1. The number of nitrogens with zero attached hydrogens (tertiary/aromatic N) is 3. The average molecular weight is 1120 g/mol. The molecule has 0 bridgehead atoms. The van der Waals surface area contributed by atoms with Gasteiger partial charge >= 0.3 is 0 Å². The zero-order valence-corrected chi connectivity index (χ0v) is 45.3. The number of rotatable bonds is 9. The number of nitro groups is 2. The first-order valence-corrected chi connectivity index (χ1v) is 23.6. The Kier molecular flexibility index (Phi) is 49.7. The molecule has 79 heavy (non-hydrogen) atoms.